The summed E-state index contributed by atoms with van der Waals surface area (Å²) in [6, 6.07) is 6.82. The van der Waals surface area contributed by atoms with Gasteiger partial charge in [0.25, 0.3) is 5.91 Å². The molecular formula is C29H35IN2O3. The Hall–Kier alpha value is -1.70. The Kier molecular flexibility index (Phi) is 6.30. The van der Waals surface area contributed by atoms with Gasteiger partial charge in [-0.05, 0) is 135 Å². The fourth-order valence-electron chi connectivity index (χ4n) is 8.19. The molecule has 35 heavy (non-hydrogen) atoms. The number of halogens is 1. The van der Waals surface area contributed by atoms with Gasteiger partial charge in [-0.2, -0.15) is 0 Å². The maximum atomic E-state index is 14.4. The SMILES string of the molecule is O=C1CC(N(CCC2=CCCCC2)C(=O)C23CC4CC(CC(C4)C2)C3)C(=O)N1c1ccc(I)cc1. The molecule has 1 unspecified atom stereocenters. The zero-order valence-electron chi connectivity index (χ0n) is 20.4. The summed E-state index contributed by atoms with van der Waals surface area (Å²) >= 11 is 2.22. The van der Waals surface area contributed by atoms with E-state index < -0.39 is 6.04 Å². The number of anilines is 1. The number of nitrogens with zero attached hydrogens (tertiary/aromatic N) is 2. The molecule has 1 aromatic rings. The topological polar surface area (TPSA) is 57.7 Å². The van der Waals surface area contributed by atoms with E-state index in [1.165, 1.54) is 42.6 Å². The maximum absolute atomic E-state index is 14.4. The molecule has 0 radical (unpaired) electrons. The van der Waals surface area contributed by atoms with Gasteiger partial charge in [0.1, 0.15) is 6.04 Å². The van der Waals surface area contributed by atoms with Gasteiger partial charge in [0.2, 0.25) is 11.8 Å². The predicted molar refractivity (Wildman–Crippen MR) is 144 cm³/mol. The molecule has 1 heterocycles. The van der Waals surface area contributed by atoms with Crippen molar-refractivity contribution < 1.29 is 14.4 Å². The van der Waals surface area contributed by atoms with Gasteiger partial charge in [-0.25, -0.2) is 4.90 Å². The summed E-state index contributed by atoms with van der Waals surface area (Å²) in [5, 5.41) is 0. The molecular weight excluding hydrogens is 551 g/mol. The molecule has 4 bridgehead atoms. The van der Waals surface area contributed by atoms with Crippen molar-refractivity contribution in [3.8, 4) is 0 Å². The minimum absolute atomic E-state index is 0.0992. The number of hydrogen-bond donors (Lipinski definition) is 0. The van der Waals surface area contributed by atoms with Crippen LogP contribution < -0.4 is 4.90 Å². The van der Waals surface area contributed by atoms with Gasteiger partial charge in [-0.3, -0.25) is 14.4 Å². The Labute approximate surface area is 221 Å². The van der Waals surface area contributed by atoms with Gasteiger partial charge in [0.15, 0.2) is 0 Å². The van der Waals surface area contributed by atoms with Crippen LogP contribution in [0.3, 0.4) is 0 Å². The maximum Gasteiger partial charge on any atom is 0.257 e. The van der Waals surface area contributed by atoms with E-state index in [4.69, 9.17) is 0 Å². The second-order valence-electron chi connectivity index (χ2n) is 11.8. The van der Waals surface area contributed by atoms with Crippen molar-refractivity contribution in [2.45, 2.75) is 83.1 Å². The number of rotatable bonds is 6. The third-order valence-electron chi connectivity index (χ3n) is 9.40. The molecule has 7 rings (SSSR count). The molecule has 6 heteroatoms. The first-order valence-electron chi connectivity index (χ1n) is 13.5. The quantitative estimate of drug-likeness (QED) is 0.239. The molecule has 1 aromatic carbocycles. The van der Waals surface area contributed by atoms with Crippen LogP contribution in [-0.4, -0.2) is 35.2 Å². The molecule has 6 aliphatic rings. The first-order valence-corrected chi connectivity index (χ1v) is 14.6. The van der Waals surface area contributed by atoms with Gasteiger partial charge in [-0.15, -0.1) is 0 Å². The molecule has 5 fully saturated rings. The highest BCUT2D eigenvalue weighted by atomic mass is 127. The highest BCUT2D eigenvalue weighted by molar-refractivity contribution is 14.1. The van der Waals surface area contributed by atoms with Crippen molar-refractivity contribution in [3.05, 3.63) is 39.5 Å². The lowest BCUT2D eigenvalue weighted by Gasteiger charge is -2.57. The van der Waals surface area contributed by atoms with Gasteiger partial charge < -0.3 is 4.90 Å². The molecule has 5 aliphatic carbocycles. The van der Waals surface area contributed by atoms with Crippen LogP contribution in [0.15, 0.2) is 35.9 Å². The van der Waals surface area contributed by atoms with Crippen molar-refractivity contribution >= 4 is 46.0 Å². The number of hydrogen-bond acceptors (Lipinski definition) is 3. The zero-order valence-corrected chi connectivity index (χ0v) is 22.5. The normalized spacial score (nSPS) is 33.9. The van der Waals surface area contributed by atoms with Crippen LogP contribution in [-0.2, 0) is 14.4 Å². The van der Waals surface area contributed by atoms with E-state index in [2.05, 4.69) is 28.7 Å². The van der Waals surface area contributed by atoms with Crippen molar-refractivity contribution in [2.24, 2.45) is 23.2 Å². The molecule has 1 atom stereocenters. The summed E-state index contributed by atoms with van der Waals surface area (Å²) in [6.07, 6.45) is 14.7. The zero-order chi connectivity index (χ0) is 24.2. The highest BCUT2D eigenvalue weighted by Gasteiger charge is 2.57. The molecule has 1 saturated heterocycles. The summed E-state index contributed by atoms with van der Waals surface area (Å²) in [4.78, 5) is 44.4. The molecule has 1 aliphatic heterocycles. The summed E-state index contributed by atoms with van der Waals surface area (Å²) < 4.78 is 1.06. The molecule has 186 valence electrons. The molecule has 0 aromatic heterocycles. The molecule has 4 saturated carbocycles. The van der Waals surface area contributed by atoms with Crippen LogP contribution in [0.5, 0.6) is 0 Å². The summed E-state index contributed by atoms with van der Waals surface area (Å²) in [5.41, 5.74) is 1.71. The number of carbonyl (C=O) groups excluding carboxylic acids is 3. The van der Waals surface area contributed by atoms with Gasteiger partial charge in [0.05, 0.1) is 17.5 Å². The summed E-state index contributed by atoms with van der Waals surface area (Å²) in [7, 11) is 0. The van der Waals surface area contributed by atoms with E-state index in [0.29, 0.717) is 30.0 Å². The second kappa shape index (κ2) is 9.31. The van der Waals surface area contributed by atoms with Gasteiger partial charge >= 0.3 is 0 Å². The van der Waals surface area contributed by atoms with E-state index in [1.807, 2.05) is 29.2 Å². The Morgan fingerprint density at radius 2 is 1.66 bits per heavy atom. The average molecular weight is 587 g/mol. The van der Waals surface area contributed by atoms with E-state index >= 15 is 0 Å². The van der Waals surface area contributed by atoms with Crippen LogP contribution in [0.2, 0.25) is 0 Å². The molecule has 5 nitrogen and oxygen atoms in total. The van der Waals surface area contributed by atoms with E-state index in [9.17, 15) is 14.4 Å². The fraction of sp³-hybridized carbons (Fsp3) is 0.621. The van der Waals surface area contributed by atoms with Crippen LogP contribution in [0.1, 0.15) is 77.0 Å². The molecule has 0 N–H and O–H groups in total. The van der Waals surface area contributed by atoms with Crippen molar-refractivity contribution in [1.82, 2.24) is 4.90 Å². The number of amides is 3. The first-order chi connectivity index (χ1) is 16.9. The minimum atomic E-state index is -0.675. The van der Waals surface area contributed by atoms with Crippen LogP contribution >= 0.6 is 22.6 Å². The van der Waals surface area contributed by atoms with E-state index in [-0.39, 0.29) is 29.6 Å². The van der Waals surface area contributed by atoms with Crippen LogP contribution in [0.25, 0.3) is 0 Å². The van der Waals surface area contributed by atoms with Crippen molar-refractivity contribution in [1.29, 1.82) is 0 Å². The Morgan fingerprint density at radius 3 is 2.26 bits per heavy atom. The summed E-state index contributed by atoms with van der Waals surface area (Å²) in [6.45, 7) is 0.552. The number of carbonyl (C=O) groups is 3. The lowest BCUT2D eigenvalue weighted by Crippen LogP contribution is -2.57. The minimum Gasteiger partial charge on any atom is -0.329 e. The van der Waals surface area contributed by atoms with Crippen molar-refractivity contribution in [3.63, 3.8) is 0 Å². The number of allylic oxidation sites excluding steroid dienone is 1. The standard InChI is InChI=1S/C29H35IN2O3/c30-23-6-8-24(9-7-23)32-26(33)15-25(27(32)34)31(11-10-19-4-2-1-3-5-19)28(35)29-16-20-12-21(17-29)14-22(13-20)18-29/h4,6-9,20-22,25H,1-3,5,10-18H2. The second-order valence-corrected chi connectivity index (χ2v) is 13.1. The van der Waals surface area contributed by atoms with Gasteiger partial charge in [0, 0.05) is 10.1 Å². The largest absolute Gasteiger partial charge is 0.329 e. The Balaban J connectivity index is 1.29. The third-order valence-corrected chi connectivity index (χ3v) is 10.1. The van der Waals surface area contributed by atoms with Crippen LogP contribution in [0.4, 0.5) is 5.69 Å². The predicted octanol–water partition coefficient (Wildman–Crippen LogP) is 5.86. The van der Waals surface area contributed by atoms with Crippen LogP contribution in [0, 0.1) is 26.7 Å². The Bertz CT molecular complexity index is 1030. The number of benzene rings is 1. The monoisotopic (exact) mass is 586 g/mol. The lowest BCUT2D eigenvalue weighted by atomic mass is 9.49. The highest BCUT2D eigenvalue weighted by Crippen LogP contribution is 2.60. The van der Waals surface area contributed by atoms with E-state index in [0.717, 1.165) is 42.1 Å². The summed E-state index contributed by atoms with van der Waals surface area (Å²) in [5.74, 6) is 1.74. The first kappa shape index (κ1) is 23.7. The van der Waals surface area contributed by atoms with Crippen molar-refractivity contribution in [2.75, 3.05) is 11.4 Å². The lowest BCUT2D eigenvalue weighted by molar-refractivity contribution is -0.161. The molecule has 3 amide bonds. The molecule has 0 spiro atoms. The van der Waals surface area contributed by atoms with E-state index in [1.54, 1.807) is 0 Å². The smallest absolute Gasteiger partial charge is 0.257 e. The third kappa shape index (κ3) is 4.38. The Morgan fingerprint density at radius 1 is 1.00 bits per heavy atom. The average Bonchev–Trinajstić information content (AvgIpc) is 3.13. The van der Waals surface area contributed by atoms with Gasteiger partial charge in [-0.1, -0.05) is 11.6 Å². The fourth-order valence-corrected chi connectivity index (χ4v) is 8.55. The number of imide groups is 1.